The van der Waals surface area contributed by atoms with Crippen molar-refractivity contribution in [3.05, 3.63) is 21.4 Å². The van der Waals surface area contributed by atoms with E-state index in [0.717, 1.165) is 35.5 Å². The zero-order valence-corrected chi connectivity index (χ0v) is 7.26. The van der Waals surface area contributed by atoms with Crippen LogP contribution in [-0.2, 0) is 0 Å². The van der Waals surface area contributed by atoms with Gasteiger partial charge in [0.15, 0.2) is 5.82 Å². The minimum absolute atomic E-state index is 0.339. The second-order valence-electron chi connectivity index (χ2n) is 3.67. The van der Waals surface area contributed by atoms with E-state index < -0.39 is 10.9 Å². The molecule has 2 aliphatic carbocycles. The fourth-order valence-electron chi connectivity index (χ4n) is 2.58. The first-order chi connectivity index (χ1) is 5.77. The molecule has 2 aliphatic rings. The summed E-state index contributed by atoms with van der Waals surface area (Å²) >= 11 is 1.02. The normalized spacial score (nSPS) is 31.2. The van der Waals surface area contributed by atoms with Crippen molar-refractivity contribution in [2.24, 2.45) is 0 Å². The first-order valence-corrected chi connectivity index (χ1v) is 5.06. The molecule has 0 nitrogen and oxygen atoms in total. The highest BCUT2D eigenvalue weighted by Gasteiger charge is 2.41. The van der Waals surface area contributed by atoms with Crippen LogP contribution in [0.1, 0.15) is 41.5 Å². The van der Waals surface area contributed by atoms with Crippen molar-refractivity contribution >= 4 is 11.3 Å². The van der Waals surface area contributed by atoms with Crippen LogP contribution in [0.4, 0.5) is 8.78 Å². The zero-order valence-electron chi connectivity index (χ0n) is 6.44. The fourth-order valence-corrected chi connectivity index (χ4v) is 3.72. The van der Waals surface area contributed by atoms with Gasteiger partial charge in [-0.2, -0.15) is 4.39 Å². The summed E-state index contributed by atoms with van der Waals surface area (Å²) in [6.07, 6.45) is 3.26. The molecule has 12 heavy (non-hydrogen) atoms. The molecule has 0 radical (unpaired) electrons. The summed E-state index contributed by atoms with van der Waals surface area (Å²) in [7, 11) is 0. The molecule has 1 heterocycles. The van der Waals surface area contributed by atoms with Crippen LogP contribution in [0.25, 0.3) is 0 Å². The number of rotatable bonds is 0. The van der Waals surface area contributed by atoms with Crippen LogP contribution in [0, 0.1) is 10.9 Å². The van der Waals surface area contributed by atoms with E-state index in [0.29, 0.717) is 17.4 Å². The summed E-state index contributed by atoms with van der Waals surface area (Å²) in [6, 6.07) is 0. The molecular weight excluding hydrogens is 178 g/mol. The monoisotopic (exact) mass is 186 g/mol. The van der Waals surface area contributed by atoms with Crippen LogP contribution < -0.4 is 0 Å². The summed E-state index contributed by atoms with van der Waals surface area (Å²) in [6.45, 7) is 0. The molecular formula is C9H8F2S. The Balaban J connectivity index is 2.25. The van der Waals surface area contributed by atoms with Gasteiger partial charge in [-0.05, 0) is 31.1 Å². The third-order valence-electron chi connectivity index (χ3n) is 3.09. The molecule has 1 saturated carbocycles. The van der Waals surface area contributed by atoms with Crippen molar-refractivity contribution in [2.75, 3.05) is 0 Å². The smallest absolute Gasteiger partial charge is 0.202 e. The number of hydrogen-bond acceptors (Lipinski definition) is 1. The third-order valence-corrected chi connectivity index (χ3v) is 4.22. The third kappa shape index (κ3) is 0.661. The Labute approximate surface area is 73.2 Å². The van der Waals surface area contributed by atoms with Gasteiger partial charge in [-0.25, -0.2) is 4.39 Å². The second kappa shape index (κ2) is 2.08. The summed E-state index contributed by atoms with van der Waals surface area (Å²) in [5, 5.41) is -0.600. The second-order valence-corrected chi connectivity index (χ2v) is 4.68. The Bertz CT molecular complexity index is 343. The van der Waals surface area contributed by atoms with Gasteiger partial charge >= 0.3 is 0 Å². The largest absolute Gasteiger partial charge is 0.212 e. The lowest BCUT2D eigenvalue weighted by atomic mass is 9.99. The highest BCUT2D eigenvalue weighted by Crippen LogP contribution is 2.56. The maximum absolute atomic E-state index is 13.2. The fraction of sp³-hybridized carbons (Fsp3) is 0.556. The predicted molar refractivity (Wildman–Crippen MR) is 43.6 cm³/mol. The molecule has 3 heteroatoms. The average molecular weight is 186 g/mol. The Hall–Kier alpha value is -0.440. The van der Waals surface area contributed by atoms with Gasteiger partial charge in [0.1, 0.15) is 0 Å². The molecule has 1 aromatic heterocycles. The molecule has 2 bridgehead atoms. The van der Waals surface area contributed by atoms with E-state index in [9.17, 15) is 8.78 Å². The molecule has 0 N–H and O–H groups in total. The summed E-state index contributed by atoms with van der Waals surface area (Å²) < 4.78 is 26.0. The quantitative estimate of drug-likeness (QED) is 0.582. The van der Waals surface area contributed by atoms with Crippen molar-refractivity contribution < 1.29 is 8.78 Å². The van der Waals surface area contributed by atoms with Gasteiger partial charge in [-0.3, -0.25) is 0 Å². The van der Waals surface area contributed by atoms with Crippen molar-refractivity contribution in [3.63, 3.8) is 0 Å². The van der Waals surface area contributed by atoms with Crippen LogP contribution in [-0.4, -0.2) is 0 Å². The lowest BCUT2D eigenvalue weighted by Crippen LogP contribution is -1.95. The van der Waals surface area contributed by atoms with E-state index in [4.69, 9.17) is 0 Å². The van der Waals surface area contributed by atoms with Crippen LogP contribution in [0.5, 0.6) is 0 Å². The predicted octanol–water partition coefficient (Wildman–Crippen LogP) is 3.39. The molecule has 2 unspecified atom stereocenters. The van der Waals surface area contributed by atoms with E-state index in [2.05, 4.69) is 0 Å². The Kier molecular flexibility index (Phi) is 1.21. The summed E-state index contributed by atoms with van der Waals surface area (Å²) in [5.41, 5.74) is 0.716. The maximum Gasteiger partial charge on any atom is 0.212 e. The zero-order chi connectivity index (χ0) is 8.29. The van der Waals surface area contributed by atoms with Crippen molar-refractivity contribution in [2.45, 2.75) is 31.1 Å². The minimum Gasteiger partial charge on any atom is -0.202 e. The molecule has 0 aliphatic heterocycles. The van der Waals surface area contributed by atoms with Gasteiger partial charge < -0.3 is 0 Å². The van der Waals surface area contributed by atoms with Gasteiger partial charge in [0.2, 0.25) is 5.13 Å². The number of halogens is 2. The maximum atomic E-state index is 13.2. The summed E-state index contributed by atoms with van der Waals surface area (Å²) in [5.74, 6) is 0.266. The van der Waals surface area contributed by atoms with Gasteiger partial charge in [0, 0.05) is 10.4 Å². The molecule has 1 fully saturated rings. The van der Waals surface area contributed by atoms with Crippen LogP contribution >= 0.6 is 11.3 Å². The molecule has 0 spiro atoms. The van der Waals surface area contributed by atoms with E-state index >= 15 is 0 Å². The molecule has 0 saturated heterocycles. The number of hydrogen-bond donors (Lipinski definition) is 0. The van der Waals surface area contributed by atoms with Gasteiger partial charge in [0.25, 0.3) is 0 Å². The standard InChI is InChI=1S/C9H8F2S/c10-7-6-4-1-2-5(3-4)8(6)12-9(7)11/h4-5H,1-3H2. The highest BCUT2D eigenvalue weighted by atomic mass is 32.1. The molecule has 64 valence electrons. The van der Waals surface area contributed by atoms with Crippen molar-refractivity contribution in [1.29, 1.82) is 0 Å². The first-order valence-electron chi connectivity index (χ1n) is 4.25. The topological polar surface area (TPSA) is 0 Å². The summed E-state index contributed by atoms with van der Waals surface area (Å²) in [4.78, 5) is 1.00. The van der Waals surface area contributed by atoms with Crippen LogP contribution in [0.2, 0.25) is 0 Å². The van der Waals surface area contributed by atoms with Gasteiger partial charge in [-0.1, -0.05) is 0 Å². The number of thiophene rings is 1. The molecule has 2 atom stereocenters. The van der Waals surface area contributed by atoms with Gasteiger partial charge in [0.05, 0.1) is 0 Å². The van der Waals surface area contributed by atoms with Crippen LogP contribution in [0.3, 0.4) is 0 Å². The van der Waals surface area contributed by atoms with Gasteiger partial charge in [-0.15, -0.1) is 11.3 Å². The number of fused-ring (bicyclic) bond motifs is 5. The average Bonchev–Trinajstić information content (AvgIpc) is 2.66. The van der Waals surface area contributed by atoms with E-state index in [1.54, 1.807) is 0 Å². The van der Waals surface area contributed by atoms with E-state index in [-0.39, 0.29) is 0 Å². The Morgan fingerprint density at radius 1 is 1.17 bits per heavy atom. The Morgan fingerprint density at radius 3 is 2.67 bits per heavy atom. The lowest BCUT2D eigenvalue weighted by molar-refractivity contribution is 0.511. The van der Waals surface area contributed by atoms with E-state index in [1.165, 1.54) is 0 Å². The molecule has 0 amide bonds. The minimum atomic E-state index is -0.600. The highest BCUT2D eigenvalue weighted by molar-refractivity contribution is 7.10. The Morgan fingerprint density at radius 2 is 1.92 bits per heavy atom. The molecule has 0 aromatic carbocycles. The molecule has 1 aromatic rings. The molecule has 3 rings (SSSR count). The lowest BCUT2D eigenvalue weighted by Gasteiger charge is -2.08. The SMILES string of the molecule is Fc1sc2c(c1F)C1CCC2C1. The van der Waals surface area contributed by atoms with Crippen LogP contribution in [0.15, 0.2) is 0 Å². The van der Waals surface area contributed by atoms with Crippen molar-refractivity contribution in [3.8, 4) is 0 Å². The van der Waals surface area contributed by atoms with E-state index in [1.807, 2.05) is 0 Å². The van der Waals surface area contributed by atoms with Crippen molar-refractivity contribution in [1.82, 2.24) is 0 Å². The first kappa shape index (κ1) is 7.01.